The molecule has 2 aromatic carbocycles. The smallest absolute Gasteiger partial charge is 0.266 e. The van der Waals surface area contributed by atoms with E-state index in [1.165, 1.54) is 16.3 Å². The number of nitrogens with zero attached hydrogens (tertiary/aromatic N) is 4. The lowest BCUT2D eigenvalue weighted by Gasteiger charge is -2.13. The zero-order chi connectivity index (χ0) is 19.3. The number of fused-ring (bicyclic) bond motifs is 1. The summed E-state index contributed by atoms with van der Waals surface area (Å²) in [5.41, 5.74) is 1.11. The van der Waals surface area contributed by atoms with E-state index in [0.717, 1.165) is 0 Å². The molecule has 7 nitrogen and oxygen atoms in total. The monoisotopic (exact) mass is 389 g/mol. The van der Waals surface area contributed by atoms with Crippen LogP contribution in [0.1, 0.15) is 0 Å². The second kappa shape index (κ2) is 8.01. The lowest BCUT2D eigenvalue weighted by molar-refractivity contribution is -0.113. The third-order valence-corrected chi connectivity index (χ3v) is 4.85. The van der Waals surface area contributed by atoms with Crippen molar-refractivity contribution < 1.29 is 4.79 Å². The highest BCUT2D eigenvalue weighted by Gasteiger charge is 2.15. The molecule has 0 aliphatic rings. The van der Waals surface area contributed by atoms with Crippen LogP contribution in [0.15, 0.2) is 83.0 Å². The van der Waals surface area contributed by atoms with Crippen LogP contribution in [0.25, 0.3) is 16.6 Å². The van der Waals surface area contributed by atoms with E-state index in [2.05, 4.69) is 20.3 Å². The number of benzene rings is 2. The molecule has 0 bridgehead atoms. The highest BCUT2D eigenvalue weighted by molar-refractivity contribution is 7.99. The highest BCUT2D eigenvalue weighted by Crippen LogP contribution is 2.21. The van der Waals surface area contributed by atoms with Gasteiger partial charge in [0.25, 0.3) is 5.56 Å². The lowest BCUT2D eigenvalue weighted by Crippen LogP contribution is -2.23. The van der Waals surface area contributed by atoms with E-state index in [9.17, 15) is 9.59 Å². The molecule has 0 saturated heterocycles. The van der Waals surface area contributed by atoms with Crippen LogP contribution in [-0.2, 0) is 4.79 Å². The van der Waals surface area contributed by atoms with Gasteiger partial charge in [-0.1, -0.05) is 42.1 Å². The Morgan fingerprint density at radius 3 is 2.46 bits per heavy atom. The molecule has 2 heterocycles. The quantitative estimate of drug-likeness (QED) is 0.417. The van der Waals surface area contributed by atoms with Crippen molar-refractivity contribution >= 4 is 34.5 Å². The Labute approximate surface area is 164 Å². The number of aromatic nitrogens is 4. The third-order valence-electron chi connectivity index (χ3n) is 3.91. The predicted molar refractivity (Wildman–Crippen MR) is 109 cm³/mol. The maximum Gasteiger partial charge on any atom is 0.266 e. The molecule has 4 rings (SSSR count). The summed E-state index contributed by atoms with van der Waals surface area (Å²) >= 11 is 1.18. The Morgan fingerprint density at radius 1 is 0.964 bits per heavy atom. The highest BCUT2D eigenvalue weighted by atomic mass is 32.2. The molecular formula is C20H15N5O2S. The van der Waals surface area contributed by atoms with Crippen LogP contribution in [0.4, 0.5) is 5.95 Å². The summed E-state index contributed by atoms with van der Waals surface area (Å²) in [5, 5.41) is 3.60. The Kier molecular flexibility index (Phi) is 5.11. The van der Waals surface area contributed by atoms with Crippen LogP contribution in [0.5, 0.6) is 0 Å². The molecule has 0 saturated carbocycles. The molecule has 2 aromatic heterocycles. The minimum atomic E-state index is -0.279. The number of anilines is 1. The lowest BCUT2D eigenvalue weighted by atomic mass is 10.2. The van der Waals surface area contributed by atoms with Gasteiger partial charge in [0.2, 0.25) is 11.9 Å². The molecule has 1 amide bonds. The van der Waals surface area contributed by atoms with Gasteiger partial charge in [-0.05, 0) is 30.3 Å². The van der Waals surface area contributed by atoms with Crippen LogP contribution in [0.3, 0.4) is 0 Å². The van der Waals surface area contributed by atoms with Gasteiger partial charge in [-0.3, -0.25) is 19.5 Å². The molecule has 0 unspecified atom stereocenters. The topological polar surface area (TPSA) is 89.8 Å². The van der Waals surface area contributed by atoms with Gasteiger partial charge in [-0.15, -0.1) is 0 Å². The van der Waals surface area contributed by atoms with Gasteiger partial charge in [0.05, 0.1) is 22.3 Å². The van der Waals surface area contributed by atoms with Gasteiger partial charge in [0.15, 0.2) is 5.16 Å². The van der Waals surface area contributed by atoms with E-state index in [4.69, 9.17) is 0 Å². The molecule has 28 heavy (non-hydrogen) atoms. The zero-order valence-corrected chi connectivity index (χ0v) is 15.5. The summed E-state index contributed by atoms with van der Waals surface area (Å²) in [6.45, 7) is 0. The second-order valence-corrected chi connectivity index (χ2v) is 6.74. The van der Waals surface area contributed by atoms with E-state index < -0.39 is 0 Å². The van der Waals surface area contributed by atoms with Crippen LogP contribution >= 0.6 is 11.8 Å². The summed E-state index contributed by atoms with van der Waals surface area (Å²) in [4.78, 5) is 37.9. The molecule has 0 radical (unpaired) electrons. The Hall–Kier alpha value is -3.52. The average molecular weight is 389 g/mol. The van der Waals surface area contributed by atoms with E-state index in [-0.39, 0.29) is 23.2 Å². The van der Waals surface area contributed by atoms with Crippen LogP contribution in [0.2, 0.25) is 0 Å². The minimum absolute atomic E-state index is 0.0653. The van der Waals surface area contributed by atoms with Crippen LogP contribution < -0.4 is 10.9 Å². The number of hydrogen-bond donors (Lipinski definition) is 1. The Bertz CT molecular complexity index is 1180. The van der Waals surface area contributed by atoms with E-state index in [0.29, 0.717) is 21.7 Å². The van der Waals surface area contributed by atoms with Crippen molar-refractivity contribution in [1.29, 1.82) is 0 Å². The molecule has 1 N–H and O–H groups in total. The number of para-hydroxylation sites is 2. The van der Waals surface area contributed by atoms with Gasteiger partial charge in [0, 0.05) is 12.4 Å². The van der Waals surface area contributed by atoms with E-state index in [1.807, 2.05) is 36.4 Å². The van der Waals surface area contributed by atoms with Gasteiger partial charge in [-0.25, -0.2) is 15.0 Å². The summed E-state index contributed by atoms with van der Waals surface area (Å²) in [6, 6.07) is 18.1. The molecule has 0 spiro atoms. The van der Waals surface area contributed by atoms with Crippen LogP contribution in [-0.4, -0.2) is 31.2 Å². The van der Waals surface area contributed by atoms with Crippen molar-refractivity contribution in [3.05, 3.63) is 83.4 Å². The number of rotatable bonds is 5. The molecule has 0 fully saturated rings. The number of nitrogens with one attached hydrogen (secondary N) is 1. The van der Waals surface area contributed by atoms with Crippen molar-refractivity contribution in [3.63, 3.8) is 0 Å². The molecule has 8 heteroatoms. The molecule has 138 valence electrons. The average Bonchev–Trinajstić information content (AvgIpc) is 2.74. The fourth-order valence-electron chi connectivity index (χ4n) is 2.67. The fourth-order valence-corrected chi connectivity index (χ4v) is 3.48. The Morgan fingerprint density at radius 2 is 1.68 bits per heavy atom. The minimum Gasteiger partial charge on any atom is -0.294 e. The first-order chi connectivity index (χ1) is 13.7. The first kappa shape index (κ1) is 17.9. The SMILES string of the molecule is O=C(CSc1nc2ccccc2c(=O)n1-c1ccccc1)Nc1ncccn1. The molecule has 0 atom stereocenters. The van der Waals surface area contributed by atoms with Gasteiger partial charge in [-0.2, -0.15) is 0 Å². The standard InChI is InChI=1S/C20H15N5O2S/c26-17(24-19-21-11-6-12-22-19)13-28-20-23-16-10-5-4-9-15(16)18(27)25(20)14-7-2-1-3-8-14/h1-12H,13H2,(H,21,22,24,26). The molecule has 0 aliphatic heterocycles. The van der Waals surface area contributed by atoms with Crippen LogP contribution in [0, 0.1) is 0 Å². The summed E-state index contributed by atoms with van der Waals surface area (Å²) in [6.07, 6.45) is 3.10. The van der Waals surface area contributed by atoms with Crippen molar-refractivity contribution in [3.8, 4) is 5.69 Å². The molecule has 4 aromatic rings. The second-order valence-electron chi connectivity index (χ2n) is 5.80. The number of carbonyl (C=O) groups is 1. The first-order valence-corrected chi connectivity index (χ1v) is 9.48. The number of amides is 1. The largest absolute Gasteiger partial charge is 0.294 e. The zero-order valence-electron chi connectivity index (χ0n) is 14.6. The summed E-state index contributed by atoms with van der Waals surface area (Å²) < 4.78 is 1.53. The predicted octanol–water partition coefficient (Wildman–Crippen LogP) is 2.91. The first-order valence-electron chi connectivity index (χ1n) is 8.49. The van der Waals surface area contributed by atoms with E-state index in [1.54, 1.807) is 36.7 Å². The third kappa shape index (κ3) is 3.77. The van der Waals surface area contributed by atoms with Crippen molar-refractivity contribution in [2.24, 2.45) is 0 Å². The number of hydrogen-bond acceptors (Lipinski definition) is 6. The van der Waals surface area contributed by atoms with E-state index >= 15 is 0 Å². The fraction of sp³-hybridized carbons (Fsp3) is 0.0500. The maximum atomic E-state index is 13.1. The number of carbonyl (C=O) groups excluding carboxylic acids is 1. The van der Waals surface area contributed by atoms with Gasteiger partial charge >= 0.3 is 0 Å². The Balaban J connectivity index is 1.67. The van der Waals surface area contributed by atoms with Crippen molar-refractivity contribution in [1.82, 2.24) is 19.5 Å². The molecule has 0 aliphatic carbocycles. The maximum absolute atomic E-state index is 13.1. The number of thioether (sulfide) groups is 1. The van der Waals surface area contributed by atoms with Gasteiger partial charge in [0.1, 0.15) is 0 Å². The van der Waals surface area contributed by atoms with Crippen molar-refractivity contribution in [2.45, 2.75) is 5.16 Å². The van der Waals surface area contributed by atoms with Gasteiger partial charge < -0.3 is 0 Å². The summed E-state index contributed by atoms with van der Waals surface area (Å²) in [5.74, 6) is 0.0220. The molecular weight excluding hydrogens is 374 g/mol. The normalized spacial score (nSPS) is 10.7. The summed E-state index contributed by atoms with van der Waals surface area (Å²) in [7, 11) is 0. The van der Waals surface area contributed by atoms with Crippen molar-refractivity contribution in [2.75, 3.05) is 11.1 Å².